The number of fused-ring (bicyclic) bond motifs is 1. The minimum absolute atomic E-state index is 0.0859. The van der Waals surface area contributed by atoms with E-state index in [4.69, 9.17) is 16.8 Å². The van der Waals surface area contributed by atoms with Crippen molar-refractivity contribution in [2.75, 3.05) is 0 Å². The Kier molecular flexibility index (Phi) is 1.58. The number of aryl methyl sites for hydroxylation is 3. The predicted octanol–water partition coefficient (Wildman–Crippen LogP) is 4.61. The predicted molar refractivity (Wildman–Crippen MR) is 90.8 cm³/mol. The number of imidazole rings is 1. The molecule has 0 radical (unpaired) electrons. The molecule has 4 heteroatoms. The highest BCUT2D eigenvalue weighted by molar-refractivity contribution is 5.77. The highest BCUT2D eigenvalue weighted by Gasteiger charge is 2.20. The van der Waals surface area contributed by atoms with Crippen LogP contribution >= 0.6 is 0 Å². The number of nitrogens with zero attached hydrogens (tertiary/aromatic N) is 3. The molecule has 4 rings (SSSR count). The molecule has 0 atom stereocenters. The fourth-order valence-electron chi connectivity index (χ4n) is 2.55. The van der Waals surface area contributed by atoms with Gasteiger partial charge in [0.05, 0.1) is 5.69 Å². The van der Waals surface area contributed by atoms with Crippen molar-refractivity contribution in [2.45, 2.75) is 20.6 Å². The zero-order valence-corrected chi connectivity index (χ0v) is 11.9. The van der Waals surface area contributed by atoms with E-state index in [0.29, 0.717) is 5.56 Å². The molecule has 0 spiro atoms. The molecule has 23 heavy (non-hydrogen) atoms. The summed E-state index contributed by atoms with van der Waals surface area (Å²) in [6.07, 6.45) is 0. The first-order chi connectivity index (χ1) is 14.8. The lowest BCUT2D eigenvalue weighted by Crippen LogP contribution is -2.03. The number of benzene rings is 2. The van der Waals surface area contributed by atoms with E-state index in [2.05, 4.69) is 9.97 Å². The SMILES string of the molecule is [2H]C([2H])([2H])c1nc2c(nc(-c3ccccc3)n2-c2c(C([2H])([2H])[2H])cccc2C([2H])([2H])[2H])o1. The summed E-state index contributed by atoms with van der Waals surface area (Å²) >= 11 is 0. The quantitative estimate of drug-likeness (QED) is 0.543. The van der Waals surface area contributed by atoms with Gasteiger partial charge in [-0.3, -0.25) is 4.57 Å². The van der Waals surface area contributed by atoms with Crippen molar-refractivity contribution in [2.24, 2.45) is 0 Å². The van der Waals surface area contributed by atoms with Crippen LogP contribution in [0.5, 0.6) is 0 Å². The molecule has 0 saturated heterocycles. The molecule has 0 bridgehead atoms. The zero-order chi connectivity index (χ0) is 23.5. The second kappa shape index (κ2) is 5.09. The van der Waals surface area contributed by atoms with Crippen LogP contribution < -0.4 is 0 Å². The Morgan fingerprint density at radius 3 is 2.39 bits per heavy atom. The van der Waals surface area contributed by atoms with Crippen molar-refractivity contribution in [3.63, 3.8) is 0 Å². The Hall–Kier alpha value is -2.88. The summed E-state index contributed by atoms with van der Waals surface area (Å²) in [6.45, 7) is -8.01. The van der Waals surface area contributed by atoms with Gasteiger partial charge in [-0.1, -0.05) is 48.5 Å². The van der Waals surface area contributed by atoms with E-state index in [1.54, 1.807) is 30.3 Å². The highest BCUT2D eigenvalue weighted by Crippen LogP contribution is 2.31. The van der Waals surface area contributed by atoms with Gasteiger partial charge < -0.3 is 4.42 Å². The average molecular weight is 312 g/mol. The minimum Gasteiger partial charge on any atom is -0.421 e. The number of para-hydroxylation sites is 1. The summed E-state index contributed by atoms with van der Waals surface area (Å²) in [4.78, 5) is 8.41. The van der Waals surface area contributed by atoms with E-state index in [1.807, 2.05) is 0 Å². The monoisotopic (exact) mass is 312 g/mol. The first-order valence-electron chi connectivity index (χ1n) is 11.4. The number of hydrogen-bond acceptors (Lipinski definition) is 3. The van der Waals surface area contributed by atoms with Crippen LogP contribution in [0.2, 0.25) is 0 Å². The zero-order valence-electron chi connectivity index (χ0n) is 20.9. The lowest BCUT2D eigenvalue weighted by atomic mass is 10.1. The molecule has 0 aliphatic heterocycles. The van der Waals surface area contributed by atoms with Crippen LogP contribution in [0.25, 0.3) is 28.4 Å². The topological polar surface area (TPSA) is 43.9 Å². The van der Waals surface area contributed by atoms with Gasteiger partial charge >= 0.3 is 0 Å². The summed E-state index contributed by atoms with van der Waals surface area (Å²) in [5, 5.41) is 0. The summed E-state index contributed by atoms with van der Waals surface area (Å²) < 4.78 is 77.3. The molecular formula is C19H17N3O. The third kappa shape index (κ3) is 2.14. The van der Waals surface area contributed by atoms with Crippen molar-refractivity contribution in [3.8, 4) is 17.1 Å². The first-order valence-corrected chi connectivity index (χ1v) is 6.88. The molecule has 0 fully saturated rings. The molecule has 2 heterocycles. The van der Waals surface area contributed by atoms with Crippen molar-refractivity contribution in [3.05, 3.63) is 65.5 Å². The van der Waals surface area contributed by atoms with Gasteiger partial charge in [0.1, 0.15) is 5.82 Å². The van der Waals surface area contributed by atoms with Gasteiger partial charge in [-0.15, -0.1) is 0 Å². The maximum absolute atomic E-state index is 7.99. The fourth-order valence-corrected chi connectivity index (χ4v) is 2.55. The van der Waals surface area contributed by atoms with Gasteiger partial charge in [0.25, 0.3) is 5.71 Å². The standard InChI is InChI=1S/C19H17N3O/c1-12-8-7-9-13(2)16(12)22-17(15-10-5-4-6-11-15)21-19-18(22)20-14(3)23-19/h4-11H,1-3H3/i1D3,2D3,3D3. The third-order valence-electron chi connectivity index (χ3n) is 3.51. The molecule has 0 saturated carbocycles. The Morgan fingerprint density at radius 1 is 0.913 bits per heavy atom. The van der Waals surface area contributed by atoms with Crippen molar-refractivity contribution < 1.29 is 16.8 Å². The summed E-state index contributed by atoms with van der Waals surface area (Å²) in [5.74, 6) is -0.406. The molecular weight excluding hydrogens is 286 g/mol. The van der Waals surface area contributed by atoms with Crippen LogP contribution in [0.15, 0.2) is 52.9 Å². The van der Waals surface area contributed by atoms with Crippen LogP contribution in [-0.2, 0) is 0 Å². The molecule has 114 valence electrons. The van der Waals surface area contributed by atoms with E-state index in [9.17, 15) is 0 Å². The smallest absolute Gasteiger partial charge is 0.267 e. The van der Waals surface area contributed by atoms with Crippen molar-refractivity contribution >= 4 is 11.4 Å². The van der Waals surface area contributed by atoms with E-state index >= 15 is 0 Å². The molecule has 0 amide bonds. The lowest BCUT2D eigenvalue weighted by molar-refractivity contribution is 0.552. The first kappa shape index (κ1) is 7.13. The van der Waals surface area contributed by atoms with E-state index < -0.39 is 26.4 Å². The third-order valence-corrected chi connectivity index (χ3v) is 3.51. The maximum atomic E-state index is 7.99. The molecule has 0 aliphatic carbocycles. The number of oxazole rings is 1. The summed E-state index contributed by atoms with van der Waals surface area (Å²) in [6, 6.07) is 12.6. The highest BCUT2D eigenvalue weighted by atomic mass is 16.4. The Labute approximate surface area is 147 Å². The molecule has 0 N–H and O–H groups in total. The van der Waals surface area contributed by atoms with Gasteiger partial charge in [0, 0.05) is 24.8 Å². The molecule has 2 aromatic heterocycles. The second-order valence-electron chi connectivity index (χ2n) is 4.99. The fraction of sp³-hybridized carbons (Fsp3) is 0.158. The molecule has 4 aromatic rings. The molecule has 4 nitrogen and oxygen atoms in total. The second-order valence-corrected chi connectivity index (χ2v) is 4.99. The largest absolute Gasteiger partial charge is 0.421 e. The minimum atomic E-state index is -2.67. The Morgan fingerprint density at radius 2 is 1.70 bits per heavy atom. The van der Waals surface area contributed by atoms with Gasteiger partial charge in [0.2, 0.25) is 5.65 Å². The average Bonchev–Trinajstić information content (AvgIpc) is 3.24. The van der Waals surface area contributed by atoms with Crippen LogP contribution in [0, 0.1) is 20.6 Å². The van der Waals surface area contributed by atoms with Crippen LogP contribution in [0.1, 0.15) is 29.4 Å². The van der Waals surface area contributed by atoms with Crippen LogP contribution in [-0.4, -0.2) is 14.5 Å². The maximum Gasteiger partial charge on any atom is 0.267 e. The molecule has 2 aromatic carbocycles. The van der Waals surface area contributed by atoms with E-state index in [-0.39, 0.29) is 34.0 Å². The van der Waals surface area contributed by atoms with Gasteiger partial charge in [0.15, 0.2) is 5.89 Å². The Balaban J connectivity index is 2.18. The summed E-state index contributed by atoms with van der Waals surface area (Å²) in [7, 11) is 0. The lowest BCUT2D eigenvalue weighted by Gasteiger charge is -2.14. The van der Waals surface area contributed by atoms with Crippen molar-refractivity contribution in [1.82, 2.24) is 14.5 Å². The number of rotatable bonds is 2. The van der Waals surface area contributed by atoms with E-state index in [0.717, 1.165) is 0 Å². The Bertz CT molecular complexity index is 1250. The molecule has 0 unspecified atom stereocenters. The van der Waals surface area contributed by atoms with E-state index in [1.165, 1.54) is 22.8 Å². The van der Waals surface area contributed by atoms with Crippen molar-refractivity contribution in [1.29, 1.82) is 0 Å². The van der Waals surface area contributed by atoms with Gasteiger partial charge in [-0.05, 0) is 24.8 Å². The normalized spacial score (nSPS) is 18.7. The number of aromatic nitrogens is 3. The number of hydrogen-bond donors (Lipinski definition) is 0. The van der Waals surface area contributed by atoms with Crippen LogP contribution in [0.3, 0.4) is 0 Å². The van der Waals surface area contributed by atoms with Gasteiger partial charge in [-0.25, -0.2) is 0 Å². The van der Waals surface area contributed by atoms with Gasteiger partial charge in [-0.2, -0.15) is 9.97 Å². The summed E-state index contributed by atoms with van der Waals surface area (Å²) in [5.41, 5.74) is -0.321. The van der Waals surface area contributed by atoms with Crippen LogP contribution in [0.4, 0.5) is 0 Å². The molecule has 0 aliphatic rings.